The molecule has 2 aromatic heterocycles. The highest BCUT2D eigenvalue weighted by atomic mass is 35.5. The van der Waals surface area contributed by atoms with Gasteiger partial charge in [0.05, 0.1) is 35.6 Å². The molecular weight excluding hydrogens is 447 g/mol. The van der Waals surface area contributed by atoms with Crippen molar-refractivity contribution >= 4 is 23.2 Å². The first kappa shape index (κ1) is 24.0. The minimum Gasteiger partial charge on any atom is -0.371 e. The van der Waals surface area contributed by atoms with Gasteiger partial charge < -0.3 is 20.1 Å². The Morgan fingerprint density at radius 1 is 1.39 bits per heavy atom. The number of rotatable bonds is 7. The maximum atomic E-state index is 14.4. The average molecular weight is 477 g/mol. The van der Waals surface area contributed by atoms with Crippen LogP contribution in [0.4, 0.5) is 10.2 Å². The molecule has 0 radical (unpaired) electrons. The van der Waals surface area contributed by atoms with Crippen LogP contribution in [0.15, 0.2) is 24.4 Å². The van der Waals surface area contributed by atoms with Gasteiger partial charge in [-0.2, -0.15) is 0 Å². The fourth-order valence-electron chi connectivity index (χ4n) is 4.00. The van der Waals surface area contributed by atoms with Gasteiger partial charge in [-0.15, -0.1) is 0 Å². The molecule has 2 fully saturated rings. The number of hydrogen-bond donors (Lipinski definition) is 2. The number of Topliss-reactive ketones (excluding diaryl/α,β-unsaturated/α-hetero) is 1. The quantitative estimate of drug-likeness (QED) is 0.630. The molecule has 0 aromatic carbocycles. The highest BCUT2D eigenvalue weighted by Crippen LogP contribution is 2.29. The van der Waals surface area contributed by atoms with Crippen LogP contribution in [0.5, 0.6) is 0 Å². The molecule has 7 nitrogen and oxygen atoms in total. The molecule has 2 aromatic rings. The summed E-state index contributed by atoms with van der Waals surface area (Å²) in [5.41, 5.74) is 1.42. The molecule has 0 saturated carbocycles. The molecular formula is C24H30ClFN4O3. The van der Waals surface area contributed by atoms with Crippen LogP contribution in [0, 0.1) is 11.7 Å². The zero-order valence-electron chi connectivity index (χ0n) is 19.0. The van der Waals surface area contributed by atoms with E-state index in [1.165, 1.54) is 12.3 Å². The van der Waals surface area contributed by atoms with Crippen molar-refractivity contribution in [1.82, 2.24) is 15.3 Å². The highest BCUT2D eigenvalue weighted by Gasteiger charge is 2.28. The number of anilines is 1. The topological polar surface area (TPSA) is 85.4 Å². The number of carbonyl (C=O) groups is 1. The first-order valence-corrected chi connectivity index (χ1v) is 11.7. The second kappa shape index (κ2) is 10.4. The van der Waals surface area contributed by atoms with Crippen molar-refractivity contribution in [1.29, 1.82) is 0 Å². The molecule has 2 aliphatic heterocycles. The van der Waals surface area contributed by atoms with E-state index in [0.29, 0.717) is 48.3 Å². The molecule has 2 atom stereocenters. The van der Waals surface area contributed by atoms with Gasteiger partial charge in [0, 0.05) is 42.9 Å². The highest BCUT2D eigenvalue weighted by molar-refractivity contribution is 6.33. The normalized spacial score (nSPS) is 22.7. The molecule has 0 amide bonds. The molecule has 33 heavy (non-hydrogen) atoms. The Hall–Kier alpha value is -2.13. The number of nitrogens with one attached hydrogen (secondary N) is 2. The Morgan fingerprint density at radius 2 is 2.24 bits per heavy atom. The second-order valence-corrected chi connectivity index (χ2v) is 9.66. The van der Waals surface area contributed by atoms with Crippen LogP contribution in [-0.2, 0) is 20.7 Å². The van der Waals surface area contributed by atoms with Crippen LogP contribution in [0.2, 0.25) is 5.02 Å². The SMILES string of the molecule is CC1(C)CO[C@@H](CNc2nc(-c3cc(CC(=O)[C@@H]4CCCNC4)ncc3Cl)ccc2F)CO1. The smallest absolute Gasteiger partial charge is 0.165 e. The average Bonchev–Trinajstić information content (AvgIpc) is 2.81. The van der Waals surface area contributed by atoms with Crippen LogP contribution in [0.3, 0.4) is 0 Å². The maximum absolute atomic E-state index is 14.4. The summed E-state index contributed by atoms with van der Waals surface area (Å²) in [6.45, 7) is 6.86. The molecule has 0 spiro atoms. The number of carbonyl (C=O) groups excluding carboxylic acids is 1. The van der Waals surface area contributed by atoms with Gasteiger partial charge in [-0.25, -0.2) is 9.37 Å². The summed E-state index contributed by atoms with van der Waals surface area (Å²) in [6.07, 6.45) is 3.46. The van der Waals surface area contributed by atoms with E-state index in [-0.39, 0.29) is 35.6 Å². The van der Waals surface area contributed by atoms with E-state index < -0.39 is 5.82 Å². The van der Waals surface area contributed by atoms with E-state index in [9.17, 15) is 9.18 Å². The maximum Gasteiger partial charge on any atom is 0.165 e. The first-order valence-electron chi connectivity index (χ1n) is 11.3. The standard InChI is InChI=1S/C24H30ClFN4O3/c1-24(2)14-32-17(13-33-24)11-29-23-20(26)5-6-21(30-23)18-8-16(28-12-19(18)25)9-22(31)15-4-3-7-27-10-15/h5-6,8,12,15,17,27H,3-4,7,9-11,13-14H2,1-2H3,(H,29,30)/t15-,17+/m1/s1. The van der Waals surface area contributed by atoms with Gasteiger partial charge in [0.15, 0.2) is 11.6 Å². The lowest BCUT2D eigenvalue weighted by Crippen LogP contribution is -2.44. The lowest BCUT2D eigenvalue weighted by molar-refractivity contribution is -0.170. The summed E-state index contributed by atoms with van der Waals surface area (Å²) in [5.74, 6) is -0.188. The molecule has 0 unspecified atom stereocenters. The van der Waals surface area contributed by atoms with Gasteiger partial charge in [-0.1, -0.05) is 11.6 Å². The van der Waals surface area contributed by atoms with Gasteiger partial charge >= 0.3 is 0 Å². The monoisotopic (exact) mass is 476 g/mol. The van der Waals surface area contributed by atoms with E-state index in [2.05, 4.69) is 20.6 Å². The number of ketones is 1. The Morgan fingerprint density at radius 3 is 2.97 bits per heavy atom. The number of nitrogens with zero attached hydrogens (tertiary/aromatic N) is 2. The molecule has 2 N–H and O–H groups in total. The van der Waals surface area contributed by atoms with Gasteiger partial charge in [-0.05, 0) is 51.4 Å². The van der Waals surface area contributed by atoms with Gasteiger partial charge in [0.2, 0.25) is 0 Å². The van der Waals surface area contributed by atoms with E-state index in [4.69, 9.17) is 21.1 Å². The lowest BCUT2D eigenvalue weighted by atomic mass is 9.92. The van der Waals surface area contributed by atoms with Gasteiger partial charge in [-0.3, -0.25) is 9.78 Å². The third-order valence-corrected chi connectivity index (χ3v) is 6.27. The zero-order chi connectivity index (χ0) is 23.4. The van der Waals surface area contributed by atoms with Crippen molar-refractivity contribution in [2.45, 2.75) is 44.8 Å². The summed E-state index contributed by atoms with van der Waals surface area (Å²) in [5, 5.41) is 6.68. The Balaban J connectivity index is 1.45. The first-order chi connectivity index (χ1) is 15.8. The van der Waals surface area contributed by atoms with Gasteiger partial charge in [0.1, 0.15) is 5.78 Å². The molecule has 178 valence electrons. The van der Waals surface area contributed by atoms with Crippen molar-refractivity contribution < 1.29 is 18.7 Å². The molecule has 4 heterocycles. The Bertz CT molecular complexity index is 988. The summed E-state index contributed by atoms with van der Waals surface area (Å²) in [7, 11) is 0. The molecule has 9 heteroatoms. The number of piperidine rings is 1. The number of halogens is 2. The number of pyridine rings is 2. The summed E-state index contributed by atoms with van der Waals surface area (Å²) < 4.78 is 26.0. The van der Waals surface area contributed by atoms with E-state index >= 15 is 0 Å². The third kappa shape index (κ3) is 6.26. The number of hydrogen-bond acceptors (Lipinski definition) is 7. The fourth-order valence-corrected chi connectivity index (χ4v) is 4.20. The van der Waals surface area contributed by atoms with Gasteiger partial charge in [0.25, 0.3) is 0 Å². The van der Waals surface area contributed by atoms with Crippen molar-refractivity contribution in [2.75, 3.05) is 38.2 Å². The van der Waals surface area contributed by atoms with E-state index in [1.807, 2.05) is 13.8 Å². The summed E-state index contributed by atoms with van der Waals surface area (Å²) in [4.78, 5) is 21.4. The number of aromatic nitrogens is 2. The minimum atomic E-state index is -0.471. The summed E-state index contributed by atoms with van der Waals surface area (Å²) in [6, 6.07) is 4.68. The summed E-state index contributed by atoms with van der Waals surface area (Å²) >= 11 is 6.39. The van der Waals surface area contributed by atoms with Crippen LogP contribution >= 0.6 is 11.6 Å². The van der Waals surface area contributed by atoms with Crippen LogP contribution in [0.1, 0.15) is 32.4 Å². The second-order valence-electron chi connectivity index (χ2n) is 9.25. The van der Waals surface area contributed by atoms with Crippen LogP contribution in [-0.4, -0.2) is 60.3 Å². The van der Waals surface area contributed by atoms with Crippen molar-refractivity contribution in [3.8, 4) is 11.3 Å². The van der Waals surface area contributed by atoms with E-state index in [1.54, 1.807) is 12.1 Å². The van der Waals surface area contributed by atoms with E-state index in [0.717, 1.165) is 19.4 Å². The molecule has 4 rings (SSSR count). The lowest BCUT2D eigenvalue weighted by Gasteiger charge is -2.35. The molecule has 0 aliphatic carbocycles. The zero-order valence-corrected chi connectivity index (χ0v) is 19.8. The predicted octanol–water partition coefficient (Wildman–Crippen LogP) is 3.65. The van der Waals surface area contributed by atoms with Crippen molar-refractivity contribution in [2.24, 2.45) is 5.92 Å². The minimum absolute atomic E-state index is 0.0102. The molecule has 0 bridgehead atoms. The molecule has 2 aliphatic rings. The molecule has 2 saturated heterocycles. The van der Waals surface area contributed by atoms with Crippen LogP contribution < -0.4 is 10.6 Å². The van der Waals surface area contributed by atoms with Crippen molar-refractivity contribution in [3.05, 3.63) is 40.9 Å². The third-order valence-electron chi connectivity index (χ3n) is 5.97. The predicted molar refractivity (Wildman–Crippen MR) is 125 cm³/mol. The Kier molecular flexibility index (Phi) is 7.58. The van der Waals surface area contributed by atoms with Crippen LogP contribution in [0.25, 0.3) is 11.3 Å². The Labute approximate surface area is 198 Å². The fraction of sp³-hybridized carbons (Fsp3) is 0.542. The van der Waals surface area contributed by atoms with Crippen molar-refractivity contribution in [3.63, 3.8) is 0 Å². The number of ether oxygens (including phenoxy) is 2. The largest absolute Gasteiger partial charge is 0.371 e.